The van der Waals surface area contributed by atoms with Gasteiger partial charge in [-0.3, -0.25) is 0 Å². The number of thiophene rings is 1. The smallest absolute Gasteiger partial charge is 0.143 e. The molecule has 11 aromatic rings. The van der Waals surface area contributed by atoms with Gasteiger partial charge in [0.1, 0.15) is 11.2 Å². The lowest BCUT2D eigenvalue weighted by atomic mass is 9.94. The average Bonchev–Trinajstić information content (AvgIpc) is 3.83. The molecule has 11 rings (SSSR count). The van der Waals surface area contributed by atoms with Crippen LogP contribution in [-0.4, -0.2) is 0 Å². The summed E-state index contributed by atoms with van der Waals surface area (Å²) in [5.74, 6) is 0. The van der Waals surface area contributed by atoms with Gasteiger partial charge in [0.2, 0.25) is 0 Å². The molecule has 258 valence electrons. The van der Waals surface area contributed by atoms with Gasteiger partial charge in [-0.2, -0.15) is 0 Å². The van der Waals surface area contributed by atoms with Crippen LogP contribution in [0.15, 0.2) is 205 Å². The van der Waals surface area contributed by atoms with Gasteiger partial charge in [0, 0.05) is 43.1 Å². The molecule has 0 radical (unpaired) electrons. The molecule has 0 bridgehead atoms. The number of benzene rings is 9. The first-order chi connectivity index (χ1) is 27.3. The summed E-state index contributed by atoms with van der Waals surface area (Å²) in [4.78, 5) is 2.45. The van der Waals surface area contributed by atoms with Crippen LogP contribution in [0.3, 0.4) is 0 Å². The molecule has 2 heterocycles. The van der Waals surface area contributed by atoms with Crippen molar-refractivity contribution in [1.82, 2.24) is 0 Å². The molecule has 55 heavy (non-hydrogen) atoms. The zero-order valence-corrected chi connectivity index (χ0v) is 30.6. The summed E-state index contributed by atoms with van der Waals surface area (Å²) in [6.45, 7) is 0. The van der Waals surface area contributed by atoms with Gasteiger partial charge < -0.3 is 9.32 Å². The summed E-state index contributed by atoms with van der Waals surface area (Å²) in [7, 11) is 0. The number of anilines is 3. The minimum Gasteiger partial charge on any atom is -0.455 e. The standard InChI is InChI=1S/C52H33NOS/c1-2-17-39-34(13-1)14-10-21-40(39)36-15-9-16-37(33-36)41-18-3-6-25-47(41)53(48-26-12-24-46-44-20-5-8-28-50(44)55-52(46)48)38-31-29-35(30-32-38)42-22-11-23-45-43-19-4-7-27-49(43)54-51(42)45/h1-33H. The van der Waals surface area contributed by atoms with Crippen LogP contribution in [0.4, 0.5) is 17.1 Å². The fraction of sp³-hybridized carbons (Fsp3) is 0. The summed E-state index contributed by atoms with van der Waals surface area (Å²) in [6.07, 6.45) is 0. The molecule has 0 saturated heterocycles. The van der Waals surface area contributed by atoms with E-state index in [-0.39, 0.29) is 0 Å². The third kappa shape index (κ3) is 5.24. The van der Waals surface area contributed by atoms with Crippen LogP contribution in [0, 0.1) is 0 Å². The molecule has 2 nitrogen and oxygen atoms in total. The number of hydrogen-bond donors (Lipinski definition) is 0. The van der Waals surface area contributed by atoms with Gasteiger partial charge in [-0.05, 0) is 75.5 Å². The first-order valence-electron chi connectivity index (χ1n) is 18.7. The molecule has 0 unspecified atom stereocenters. The van der Waals surface area contributed by atoms with Crippen LogP contribution in [0.5, 0.6) is 0 Å². The van der Waals surface area contributed by atoms with Crippen molar-refractivity contribution in [2.45, 2.75) is 0 Å². The van der Waals surface area contributed by atoms with E-state index < -0.39 is 0 Å². The third-order valence-electron chi connectivity index (χ3n) is 10.9. The Hall–Kier alpha value is -6.94. The van der Waals surface area contributed by atoms with Gasteiger partial charge in [0.05, 0.1) is 16.1 Å². The predicted molar refractivity (Wildman–Crippen MR) is 235 cm³/mol. The van der Waals surface area contributed by atoms with Crippen molar-refractivity contribution in [3.05, 3.63) is 200 Å². The Kier molecular flexibility index (Phi) is 7.39. The minimum atomic E-state index is 0.908. The minimum absolute atomic E-state index is 0.908. The molecule has 0 aliphatic carbocycles. The maximum atomic E-state index is 6.45. The molecule has 3 heteroatoms. The van der Waals surface area contributed by atoms with Crippen molar-refractivity contribution >= 4 is 81.3 Å². The van der Waals surface area contributed by atoms with E-state index in [4.69, 9.17) is 4.42 Å². The van der Waals surface area contributed by atoms with E-state index in [0.717, 1.165) is 50.1 Å². The summed E-state index contributed by atoms with van der Waals surface area (Å²) in [5.41, 5.74) is 12.2. The van der Waals surface area contributed by atoms with Crippen LogP contribution in [-0.2, 0) is 0 Å². The van der Waals surface area contributed by atoms with E-state index in [0.29, 0.717) is 0 Å². The molecule has 0 amide bonds. The molecule has 0 saturated carbocycles. The van der Waals surface area contributed by atoms with E-state index in [1.807, 2.05) is 23.5 Å². The van der Waals surface area contributed by atoms with Gasteiger partial charge in [0.25, 0.3) is 0 Å². The number of hydrogen-bond acceptors (Lipinski definition) is 3. The van der Waals surface area contributed by atoms with Crippen molar-refractivity contribution in [2.24, 2.45) is 0 Å². The second-order valence-corrected chi connectivity index (χ2v) is 15.1. The van der Waals surface area contributed by atoms with E-state index in [1.165, 1.54) is 53.2 Å². The highest BCUT2D eigenvalue weighted by Gasteiger charge is 2.22. The van der Waals surface area contributed by atoms with Crippen LogP contribution in [0.1, 0.15) is 0 Å². The highest BCUT2D eigenvalue weighted by atomic mass is 32.1. The largest absolute Gasteiger partial charge is 0.455 e. The van der Waals surface area contributed by atoms with Crippen molar-refractivity contribution in [2.75, 3.05) is 4.90 Å². The number of nitrogens with zero attached hydrogens (tertiary/aromatic N) is 1. The maximum absolute atomic E-state index is 6.45. The average molecular weight is 720 g/mol. The van der Waals surface area contributed by atoms with E-state index in [1.54, 1.807) is 0 Å². The zero-order valence-electron chi connectivity index (χ0n) is 29.8. The molecule has 0 fully saturated rings. The first kappa shape index (κ1) is 31.6. The Morgan fingerprint density at radius 1 is 0.382 bits per heavy atom. The van der Waals surface area contributed by atoms with E-state index in [2.05, 4.69) is 193 Å². The number of fused-ring (bicyclic) bond motifs is 7. The first-order valence-corrected chi connectivity index (χ1v) is 19.5. The monoisotopic (exact) mass is 719 g/mol. The zero-order chi connectivity index (χ0) is 36.3. The Balaban J connectivity index is 1.10. The Labute approximate surface area is 322 Å². The highest BCUT2D eigenvalue weighted by molar-refractivity contribution is 7.26. The second kappa shape index (κ2) is 12.9. The van der Waals surface area contributed by atoms with Gasteiger partial charge >= 0.3 is 0 Å². The van der Waals surface area contributed by atoms with Crippen molar-refractivity contribution in [3.63, 3.8) is 0 Å². The number of furan rings is 1. The molecule has 2 aromatic heterocycles. The fourth-order valence-corrected chi connectivity index (χ4v) is 9.53. The maximum Gasteiger partial charge on any atom is 0.143 e. The molecule has 9 aromatic carbocycles. The Morgan fingerprint density at radius 3 is 1.89 bits per heavy atom. The van der Waals surface area contributed by atoms with Crippen LogP contribution in [0.25, 0.3) is 86.3 Å². The molecular formula is C52H33NOS. The molecule has 0 N–H and O–H groups in total. The summed E-state index contributed by atoms with van der Waals surface area (Å²) < 4.78 is 9.00. The fourth-order valence-electron chi connectivity index (χ4n) is 8.33. The van der Waals surface area contributed by atoms with Crippen LogP contribution >= 0.6 is 11.3 Å². The number of rotatable bonds is 6. The van der Waals surface area contributed by atoms with Crippen molar-refractivity contribution < 1.29 is 4.42 Å². The predicted octanol–water partition coefficient (Wildman–Crippen LogP) is 15.6. The van der Waals surface area contributed by atoms with Gasteiger partial charge in [0.15, 0.2) is 0 Å². The van der Waals surface area contributed by atoms with Gasteiger partial charge in [-0.1, -0.05) is 158 Å². The van der Waals surface area contributed by atoms with Gasteiger partial charge in [-0.25, -0.2) is 0 Å². The van der Waals surface area contributed by atoms with E-state index >= 15 is 0 Å². The van der Waals surface area contributed by atoms with Crippen LogP contribution in [0.2, 0.25) is 0 Å². The lowest BCUT2D eigenvalue weighted by molar-refractivity contribution is 0.670. The van der Waals surface area contributed by atoms with Gasteiger partial charge in [-0.15, -0.1) is 11.3 Å². The molecule has 0 aliphatic heterocycles. The second-order valence-electron chi connectivity index (χ2n) is 14.0. The molecule has 0 spiro atoms. The lowest BCUT2D eigenvalue weighted by Gasteiger charge is -2.28. The van der Waals surface area contributed by atoms with Crippen molar-refractivity contribution in [1.29, 1.82) is 0 Å². The summed E-state index contributed by atoms with van der Waals surface area (Å²) in [5, 5.41) is 7.33. The van der Waals surface area contributed by atoms with Crippen LogP contribution < -0.4 is 4.90 Å². The molecular weight excluding hydrogens is 687 g/mol. The van der Waals surface area contributed by atoms with Crippen molar-refractivity contribution in [3.8, 4) is 33.4 Å². The summed E-state index contributed by atoms with van der Waals surface area (Å²) in [6, 6.07) is 72.2. The lowest BCUT2D eigenvalue weighted by Crippen LogP contribution is -2.11. The molecule has 0 atom stereocenters. The summed E-state index contributed by atoms with van der Waals surface area (Å²) >= 11 is 1.86. The number of para-hydroxylation sites is 3. The topological polar surface area (TPSA) is 16.4 Å². The SMILES string of the molecule is c1cc(-c2ccccc2N(c2ccc(-c3cccc4c3oc3ccccc34)cc2)c2cccc3c2sc2ccccc23)cc(-c2cccc3ccccc23)c1. The van der Waals surface area contributed by atoms with E-state index in [9.17, 15) is 0 Å². The quantitative estimate of drug-likeness (QED) is 0.170. The molecule has 0 aliphatic rings. The highest BCUT2D eigenvalue weighted by Crippen LogP contribution is 2.48. The Morgan fingerprint density at radius 2 is 0.982 bits per heavy atom. The third-order valence-corrected chi connectivity index (χ3v) is 12.1. The Bertz CT molecular complexity index is 3220. The normalized spacial score (nSPS) is 11.6.